The van der Waals surface area contributed by atoms with E-state index in [1.165, 1.54) is 0 Å². The summed E-state index contributed by atoms with van der Waals surface area (Å²) in [5, 5.41) is 19.1. The summed E-state index contributed by atoms with van der Waals surface area (Å²) in [5.41, 5.74) is 0. The molecular formula is C9H14N2O6. The number of nitrogens with zero attached hydrogens (tertiary/aromatic N) is 2. The Hall–Kier alpha value is -1.60. The monoisotopic (exact) mass is 246 g/mol. The molecule has 0 N–H and O–H groups in total. The first-order valence-electron chi connectivity index (χ1n) is 5.68. The van der Waals surface area contributed by atoms with E-state index in [0.717, 1.165) is 6.42 Å². The van der Waals surface area contributed by atoms with Gasteiger partial charge in [-0.25, -0.2) is 0 Å². The van der Waals surface area contributed by atoms with Crippen LogP contribution in [0.25, 0.3) is 0 Å². The molecule has 2 aliphatic rings. The summed E-state index contributed by atoms with van der Waals surface area (Å²) in [7, 11) is 0. The lowest BCUT2D eigenvalue weighted by Gasteiger charge is -2.42. The van der Waals surface area contributed by atoms with Crippen molar-refractivity contribution in [2.75, 3.05) is 0 Å². The van der Waals surface area contributed by atoms with Crippen molar-refractivity contribution in [1.29, 1.82) is 0 Å². The van der Waals surface area contributed by atoms with Gasteiger partial charge in [0.15, 0.2) is 0 Å². The van der Waals surface area contributed by atoms with Crippen LogP contribution in [0.4, 0.5) is 0 Å². The van der Waals surface area contributed by atoms with Crippen LogP contribution in [0.2, 0.25) is 0 Å². The van der Waals surface area contributed by atoms with Gasteiger partial charge in [0.2, 0.25) is 0 Å². The Balaban J connectivity index is 1.91. The van der Waals surface area contributed by atoms with Gasteiger partial charge in [0.25, 0.3) is 10.2 Å². The van der Waals surface area contributed by atoms with E-state index >= 15 is 0 Å². The molecule has 96 valence electrons. The van der Waals surface area contributed by atoms with Crippen molar-refractivity contribution >= 4 is 0 Å². The molecule has 8 heteroatoms. The quantitative estimate of drug-likeness (QED) is 0.547. The van der Waals surface area contributed by atoms with Crippen molar-refractivity contribution in [3.8, 4) is 0 Å². The Morgan fingerprint density at radius 3 is 1.59 bits per heavy atom. The molecule has 0 aromatic carbocycles. The highest BCUT2D eigenvalue weighted by molar-refractivity contribution is 4.89. The highest BCUT2D eigenvalue weighted by atomic mass is 17.0. The first-order valence-corrected chi connectivity index (χ1v) is 5.68. The van der Waals surface area contributed by atoms with Gasteiger partial charge >= 0.3 is 0 Å². The fourth-order valence-electron chi connectivity index (χ4n) is 3.03. The Morgan fingerprint density at radius 1 is 0.824 bits per heavy atom. The molecule has 2 aliphatic carbocycles. The van der Waals surface area contributed by atoms with Gasteiger partial charge < -0.3 is 9.68 Å². The molecule has 0 heterocycles. The van der Waals surface area contributed by atoms with Crippen LogP contribution in [0.15, 0.2) is 0 Å². The number of hydrogen-bond donors (Lipinski definition) is 0. The minimum Gasteiger partial charge on any atom is -0.310 e. The van der Waals surface area contributed by atoms with Gasteiger partial charge in [-0.3, -0.25) is 0 Å². The van der Waals surface area contributed by atoms with Gasteiger partial charge in [0.05, 0.1) is 0 Å². The standard InChI is InChI=1S/C9H14N2O6/c12-10(13)16-8-3-1-6-5-7(8)2-4-9(6)17-11(14)15/h6-9H,1-5H2. The van der Waals surface area contributed by atoms with E-state index < -0.39 is 10.2 Å². The van der Waals surface area contributed by atoms with Crippen molar-refractivity contribution in [2.45, 2.75) is 44.3 Å². The van der Waals surface area contributed by atoms with Crippen molar-refractivity contribution in [3.05, 3.63) is 20.2 Å². The van der Waals surface area contributed by atoms with Gasteiger partial charge in [-0.05, 0) is 43.9 Å². The molecule has 2 fully saturated rings. The number of fused-ring (bicyclic) bond motifs is 2. The molecule has 0 aromatic heterocycles. The predicted molar refractivity (Wildman–Crippen MR) is 53.8 cm³/mol. The summed E-state index contributed by atoms with van der Waals surface area (Å²) < 4.78 is 0. The number of hydrogen-bond acceptors (Lipinski definition) is 6. The fourth-order valence-corrected chi connectivity index (χ4v) is 3.03. The predicted octanol–water partition coefficient (Wildman–Crippen LogP) is 1.35. The maximum Gasteiger partial charge on any atom is 0.294 e. The van der Waals surface area contributed by atoms with Crippen LogP contribution in [0.5, 0.6) is 0 Å². The van der Waals surface area contributed by atoms with Gasteiger partial charge in [-0.15, -0.1) is 20.2 Å². The molecular weight excluding hydrogens is 232 g/mol. The SMILES string of the molecule is O=[N+]([O-])OC1CCC2CC1CCC2O[N+](=O)[O-]. The summed E-state index contributed by atoms with van der Waals surface area (Å²) in [6.07, 6.45) is 2.55. The average molecular weight is 246 g/mol. The van der Waals surface area contributed by atoms with E-state index in [0.29, 0.717) is 25.7 Å². The lowest BCUT2D eigenvalue weighted by molar-refractivity contribution is -0.776. The van der Waals surface area contributed by atoms with Crippen molar-refractivity contribution in [1.82, 2.24) is 0 Å². The molecule has 2 rings (SSSR count). The third-order valence-corrected chi connectivity index (χ3v) is 3.74. The minimum absolute atomic E-state index is 0.130. The second kappa shape index (κ2) is 4.72. The molecule has 0 spiro atoms. The molecule has 4 unspecified atom stereocenters. The lowest BCUT2D eigenvalue weighted by Crippen LogP contribution is -2.42. The molecule has 0 saturated heterocycles. The Labute approximate surface area is 97.1 Å². The molecule has 8 nitrogen and oxygen atoms in total. The molecule has 0 aliphatic heterocycles. The maximum atomic E-state index is 10.3. The van der Waals surface area contributed by atoms with E-state index in [9.17, 15) is 20.2 Å². The zero-order chi connectivity index (χ0) is 12.4. The third kappa shape index (κ3) is 2.75. The molecule has 2 bridgehead atoms. The Bertz CT molecular complexity index is 293. The summed E-state index contributed by atoms with van der Waals surface area (Å²) in [6.45, 7) is 0. The fraction of sp³-hybridized carbons (Fsp3) is 1.00. The Morgan fingerprint density at radius 2 is 1.24 bits per heavy atom. The minimum atomic E-state index is -0.745. The first kappa shape index (κ1) is 11.9. The highest BCUT2D eigenvalue weighted by Gasteiger charge is 2.41. The summed E-state index contributed by atoms with van der Waals surface area (Å²) in [4.78, 5) is 29.9. The molecule has 0 radical (unpaired) electrons. The van der Waals surface area contributed by atoms with Crippen LogP contribution in [-0.2, 0) is 9.68 Å². The second-order valence-corrected chi connectivity index (χ2v) is 4.65. The van der Waals surface area contributed by atoms with Crippen molar-refractivity contribution in [2.24, 2.45) is 11.8 Å². The number of rotatable bonds is 4. The van der Waals surface area contributed by atoms with Crippen LogP contribution in [0.3, 0.4) is 0 Å². The van der Waals surface area contributed by atoms with Gasteiger partial charge in [0.1, 0.15) is 12.2 Å². The molecule has 4 atom stereocenters. The average Bonchev–Trinajstić information content (AvgIpc) is 2.24. The third-order valence-electron chi connectivity index (χ3n) is 3.74. The normalized spacial score (nSPS) is 36.0. The zero-order valence-corrected chi connectivity index (χ0v) is 9.19. The molecule has 0 amide bonds. The van der Waals surface area contributed by atoms with Crippen LogP contribution < -0.4 is 0 Å². The zero-order valence-electron chi connectivity index (χ0n) is 9.19. The molecule has 2 saturated carbocycles. The topological polar surface area (TPSA) is 105 Å². The first-order chi connectivity index (χ1) is 8.06. The van der Waals surface area contributed by atoms with Crippen molar-refractivity contribution < 1.29 is 19.8 Å². The van der Waals surface area contributed by atoms with Crippen LogP contribution in [-0.4, -0.2) is 22.4 Å². The van der Waals surface area contributed by atoms with E-state index in [-0.39, 0.29) is 24.0 Å². The Kier molecular flexibility index (Phi) is 3.30. The summed E-state index contributed by atoms with van der Waals surface area (Å²) in [5.74, 6) is 0.261. The van der Waals surface area contributed by atoms with Gasteiger partial charge in [-0.2, -0.15) is 0 Å². The van der Waals surface area contributed by atoms with E-state index in [1.807, 2.05) is 0 Å². The smallest absolute Gasteiger partial charge is 0.294 e. The molecule has 0 aromatic rings. The van der Waals surface area contributed by atoms with Crippen LogP contribution >= 0.6 is 0 Å². The van der Waals surface area contributed by atoms with Crippen molar-refractivity contribution in [3.63, 3.8) is 0 Å². The lowest BCUT2D eigenvalue weighted by atomic mass is 9.69. The molecule has 17 heavy (non-hydrogen) atoms. The van der Waals surface area contributed by atoms with Crippen LogP contribution in [0, 0.1) is 32.1 Å². The summed E-state index contributed by atoms with van der Waals surface area (Å²) in [6, 6.07) is 0. The second-order valence-electron chi connectivity index (χ2n) is 4.65. The van der Waals surface area contributed by atoms with Crippen LogP contribution in [0.1, 0.15) is 32.1 Å². The van der Waals surface area contributed by atoms with E-state index in [1.54, 1.807) is 0 Å². The summed E-state index contributed by atoms with van der Waals surface area (Å²) >= 11 is 0. The van der Waals surface area contributed by atoms with Gasteiger partial charge in [0, 0.05) is 0 Å². The van der Waals surface area contributed by atoms with E-state index in [2.05, 4.69) is 9.68 Å². The highest BCUT2D eigenvalue weighted by Crippen LogP contribution is 2.42. The van der Waals surface area contributed by atoms with E-state index in [4.69, 9.17) is 0 Å². The van der Waals surface area contributed by atoms with Gasteiger partial charge in [-0.1, -0.05) is 0 Å². The maximum absolute atomic E-state index is 10.3. The largest absolute Gasteiger partial charge is 0.310 e.